The molecule has 0 spiro atoms. The summed E-state index contributed by atoms with van der Waals surface area (Å²) in [6.07, 6.45) is 4.44. The van der Waals surface area contributed by atoms with Crippen LogP contribution in [-0.2, 0) is 4.79 Å². The molecule has 0 aliphatic heterocycles. The smallest absolute Gasteiger partial charge is 0.252 e. The van der Waals surface area contributed by atoms with E-state index < -0.39 is 17.9 Å². The molecular formula is C22H28N2O4. The highest BCUT2D eigenvalue weighted by Crippen LogP contribution is 2.28. The fraction of sp³-hybridized carbons (Fsp3) is 0.364. The Morgan fingerprint density at radius 2 is 1.79 bits per heavy atom. The van der Waals surface area contributed by atoms with Gasteiger partial charge in [-0.25, -0.2) is 0 Å². The summed E-state index contributed by atoms with van der Waals surface area (Å²) in [6.45, 7) is 2.76. The van der Waals surface area contributed by atoms with Crippen molar-refractivity contribution in [3.05, 3.63) is 59.7 Å². The minimum atomic E-state index is -0.908. The van der Waals surface area contributed by atoms with E-state index in [9.17, 15) is 9.59 Å². The summed E-state index contributed by atoms with van der Waals surface area (Å²) in [6, 6.07) is 12.9. The summed E-state index contributed by atoms with van der Waals surface area (Å²) in [5, 5.41) is 2.68. The number of rotatable bonds is 11. The molecule has 0 aliphatic rings. The number of carbonyl (C=O) groups excluding carboxylic acids is 2. The Balaban J connectivity index is 2.07. The number of methoxy groups -OCH3 is 1. The zero-order valence-corrected chi connectivity index (χ0v) is 16.4. The SMILES string of the molecule is CCCCCCOc1ccc(C(=O)N[C@@H](C(N)=O)c2ccccc2)cc1OC. The number of benzene rings is 2. The monoisotopic (exact) mass is 384 g/mol. The Labute approximate surface area is 166 Å². The van der Waals surface area contributed by atoms with Gasteiger partial charge in [-0.2, -0.15) is 0 Å². The predicted molar refractivity (Wildman–Crippen MR) is 108 cm³/mol. The molecule has 1 atom stereocenters. The van der Waals surface area contributed by atoms with E-state index in [0.717, 1.165) is 12.8 Å². The molecule has 2 rings (SSSR count). The first kappa shape index (κ1) is 21.3. The summed E-state index contributed by atoms with van der Waals surface area (Å²) in [7, 11) is 1.52. The van der Waals surface area contributed by atoms with Crippen molar-refractivity contribution >= 4 is 11.8 Å². The van der Waals surface area contributed by atoms with Crippen molar-refractivity contribution in [2.75, 3.05) is 13.7 Å². The second kappa shape index (κ2) is 11.0. The fourth-order valence-electron chi connectivity index (χ4n) is 2.82. The van der Waals surface area contributed by atoms with Crippen LogP contribution in [-0.4, -0.2) is 25.5 Å². The van der Waals surface area contributed by atoms with Gasteiger partial charge in [0.05, 0.1) is 13.7 Å². The second-order valence-electron chi connectivity index (χ2n) is 6.49. The maximum atomic E-state index is 12.6. The van der Waals surface area contributed by atoms with E-state index in [1.54, 1.807) is 42.5 Å². The second-order valence-corrected chi connectivity index (χ2v) is 6.49. The number of nitrogens with one attached hydrogen (secondary N) is 1. The van der Waals surface area contributed by atoms with Crippen LogP contribution < -0.4 is 20.5 Å². The largest absolute Gasteiger partial charge is 0.493 e. The van der Waals surface area contributed by atoms with Gasteiger partial charge in [-0.15, -0.1) is 0 Å². The first-order valence-electron chi connectivity index (χ1n) is 9.52. The normalized spacial score (nSPS) is 11.5. The highest BCUT2D eigenvalue weighted by atomic mass is 16.5. The summed E-state index contributed by atoms with van der Waals surface area (Å²) >= 11 is 0. The molecule has 6 nitrogen and oxygen atoms in total. The van der Waals surface area contributed by atoms with E-state index in [0.29, 0.717) is 29.2 Å². The average Bonchev–Trinajstić information content (AvgIpc) is 2.72. The minimum absolute atomic E-state index is 0.359. The fourth-order valence-corrected chi connectivity index (χ4v) is 2.82. The van der Waals surface area contributed by atoms with Gasteiger partial charge in [0.15, 0.2) is 11.5 Å². The summed E-state index contributed by atoms with van der Waals surface area (Å²) in [5.74, 6) is 0.0162. The lowest BCUT2D eigenvalue weighted by Crippen LogP contribution is -2.37. The zero-order valence-electron chi connectivity index (χ0n) is 16.4. The van der Waals surface area contributed by atoms with Crippen LogP contribution in [0.2, 0.25) is 0 Å². The predicted octanol–water partition coefficient (Wildman–Crippen LogP) is 3.61. The zero-order chi connectivity index (χ0) is 20.4. The van der Waals surface area contributed by atoms with Crippen molar-refractivity contribution in [3.8, 4) is 11.5 Å². The Kier molecular flexibility index (Phi) is 8.34. The minimum Gasteiger partial charge on any atom is -0.493 e. The highest BCUT2D eigenvalue weighted by Gasteiger charge is 2.21. The Hall–Kier alpha value is -3.02. The molecule has 0 aromatic heterocycles. The summed E-state index contributed by atoms with van der Waals surface area (Å²) in [5.41, 5.74) is 6.45. The molecule has 0 bridgehead atoms. The first-order valence-corrected chi connectivity index (χ1v) is 9.52. The van der Waals surface area contributed by atoms with Gasteiger partial charge >= 0.3 is 0 Å². The standard InChI is InChI=1S/C22H28N2O4/c1-3-4-5-9-14-28-18-13-12-17(15-19(18)27-2)22(26)24-20(21(23)25)16-10-7-6-8-11-16/h6-8,10-13,15,20H,3-5,9,14H2,1-2H3,(H2,23,25)(H,24,26)/t20-/m1/s1. The van der Waals surface area contributed by atoms with Crippen molar-refractivity contribution in [1.29, 1.82) is 0 Å². The number of hydrogen-bond donors (Lipinski definition) is 2. The van der Waals surface area contributed by atoms with Gasteiger partial charge in [0, 0.05) is 5.56 Å². The summed E-state index contributed by atoms with van der Waals surface area (Å²) < 4.78 is 11.1. The highest BCUT2D eigenvalue weighted by molar-refractivity contribution is 5.98. The van der Waals surface area contributed by atoms with Gasteiger partial charge in [-0.1, -0.05) is 56.5 Å². The number of ether oxygens (including phenoxy) is 2. The van der Waals surface area contributed by atoms with Gasteiger partial charge < -0.3 is 20.5 Å². The van der Waals surface area contributed by atoms with E-state index in [2.05, 4.69) is 12.2 Å². The molecule has 28 heavy (non-hydrogen) atoms. The Bertz CT molecular complexity index is 777. The quantitative estimate of drug-likeness (QED) is 0.579. The van der Waals surface area contributed by atoms with Crippen LogP contribution in [0.15, 0.2) is 48.5 Å². The number of amides is 2. The Morgan fingerprint density at radius 1 is 1.04 bits per heavy atom. The van der Waals surface area contributed by atoms with Gasteiger partial charge in [-0.3, -0.25) is 9.59 Å². The topological polar surface area (TPSA) is 90.6 Å². The van der Waals surface area contributed by atoms with Crippen molar-refractivity contribution < 1.29 is 19.1 Å². The lowest BCUT2D eigenvalue weighted by atomic mass is 10.1. The van der Waals surface area contributed by atoms with Crippen LogP contribution >= 0.6 is 0 Å². The number of unbranched alkanes of at least 4 members (excludes halogenated alkanes) is 3. The molecule has 0 unspecified atom stereocenters. The van der Waals surface area contributed by atoms with Crippen molar-refractivity contribution in [2.45, 2.75) is 38.6 Å². The van der Waals surface area contributed by atoms with Gasteiger partial charge in [-0.05, 0) is 30.2 Å². The lowest BCUT2D eigenvalue weighted by molar-refractivity contribution is -0.120. The molecule has 2 amide bonds. The third-order valence-electron chi connectivity index (χ3n) is 4.37. The number of carbonyl (C=O) groups is 2. The van der Waals surface area contributed by atoms with Crippen molar-refractivity contribution in [3.63, 3.8) is 0 Å². The van der Waals surface area contributed by atoms with Gasteiger partial charge in [0.1, 0.15) is 6.04 Å². The molecule has 0 saturated heterocycles. The number of primary amides is 1. The molecular weight excluding hydrogens is 356 g/mol. The lowest BCUT2D eigenvalue weighted by Gasteiger charge is -2.17. The molecule has 0 fully saturated rings. The summed E-state index contributed by atoms with van der Waals surface area (Å²) in [4.78, 5) is 24.4. The van der Waals surface area contributed by atoms with Gasteiger partial charge in [0.25, 0.3) is 5.91 Å². The van der Waals surface area contributed by atoms with Crippen molar-refractivity contribution in [1.82, 2.24) is 5.32 Å². The average molecular weight is 384 g/mol. The molecule has 0 aliphatic carbocycles. The molecule has 150 valence electrons. The van der Waals surface area contributed by atoms with E-state index in [-0.39, 0.29) is 0 Å². The number of nitrogens with two attached hydrogens (primary N) is 1. The van der Waals surface area contributed by atoms with Crippen LogP contribution in [0.5, 0.6) is 11.5 Å². The van der Waals surface area contributed by atoms with Crippen LogP contribution in [0, 0.1) is 0 Å². The molecule has 2 aromatic carbocycles. The van der Waals surface area contributed by atoms with E-state index >= 15 is 0 Å². The molecule has 0 saturated carbocycles. The molecule has 0 heterocycles. The maximum Gasteiger partial charge on any atom is 0.252 e. The molecule has 3 N–H and O–H groups in total. The van der Waals surface area contributed by atoms with E-state index in [1.165, 1.54) is 20.0 Å². The first-order chi connectivity index (χ1) is 13.6. The van der Waals surface area contributed by atoms with Crippen LogP contribution in [0.1, 0.15) is 54.6 Å². The van der Waals surface area contributed by atoms with Crippen LogP contribution in [0.3, 0.4) is 0 Å². The Morgan fingerprint density at radius 3 is 2.43 bits per heavy atom. The number of hydrogen-bond acceptors (Lipinski definition) is 4. The third-order valence-corrected chi connectivity index (χ3v) is 4.37. The van der Waals surface area contributed by atoms with Crippen LogP contribution in [0.4, 0.5) is 0 Å². The van der Waals surface area contributed by atoms with Crippen LogP contribution in [0.25, 0.3) is 0 Å². The maximum absolute atomic E-state index is 12.6. The van der Waals surface area contributed by atoms with E-state index in [1.807, 2.05) is 6.07 Å². The van der Waals surface area contributed by atoms with Crippen molar-refractivity contribution in [2.24, 2.45) is 5.73 Å². The van der Waals surface area contributed by atoms with Gasteiger partial charge in [0.2, 0.25) is 5.91 Å². The molecule has 0 radical (unpaired) electrons. The molecule has 2 aromatic rings. The van der Waals surface area contributed by atoms with E-state index in [4.69, 9.17) is 15.2 Å². The third kappa shape index (κ3) is 6.01. The molecule has 6 heteroatoms.